The Kier molecular flexibility index (Phi) is 5.03. The fourth-order valence-corrected chi connectivity index (χ4v) is 5.33. The van der Waals surface area contributed by atoms with Crippen molar-refractivity contribution in [2.45, 2.75) is 32.2 Å². The fourth-order valence-electron chi connectivity index (χ4n) is 3.63. The molecule has 29 heavy (non-hydrogen) atoms. The van der Waals surface area contributed by atoms with Gasteiger partial charge in [-0.3, -0.25) is 9.59 Å². The molecule has 1 unspecified atom stereocenters. The standard InChI is InChI=1S/C19H22N4O5S/c1-12-8-17(23(22-12)14-6-7-29(26,27)11-14)21-19(25)10-28-15-3-4-16-13(9-15)2-5-18(24)20-16/h3-4,8-9,14H,2,5-7,10-11H2,1H3,(H,20,24)(H,21,25). The van der Waals surface area contributed by atoms with E-state index in [0.717, 1.165) is 11.3 Å². The molecule has 0 bridgehead atoms. The monoisotopic (exact) mass is 418 g/mol. The van der Waals surface area contributed by atoms with Gasteiger partial charge in [-0.25, -0.2) is 13.1 Å². The molecule has 0 radical (unpaired) electrons. The van der Waals surface area contributed by atoms with Crippen molar-refractivity contribution in [2.24, 2.45) is 0 Å². The van der Waals surface area contributed by atoms with Gasteiger partial charge in [0.25, 0.3) is 5.91 Å². The van der Waals surface area contributed by atoms with Gasteiger partial charge in [-0.05, 0) is 43.5 Å². The van der Waals surface area contributed by atoms with Crippen molar-refractivity contribution in [3.05, 3.63) is 35.5 Å². The SMILES string of the molecule is Cc1cc(NC(=O)COc2ccc3c(c2)CCC(=O)N3)n(C2CCS(=O)(=O)C2)n1. The van der Waals surface area contributed by atoms with Crippen molar-refractivity contribution in [3.63, 3.8) is 0 Å². The molecule has 154 valence electrons. The van der Waals surface area contributed by atoms with E-state index in [9.17, 15) is 18.0 Å². The molecule has 2 aliphatic rings. The number of amides is 2. The minimum absolute atomic E-state index is 0.00693. The average Bonchev–Trinajstić information content (AvgIpc) is 3.21. The van der Waals surface area contributed by atoms with Crippen LogP contribution in [-0.4, -0.2) is 48.1 Å². The molecule has 10 heteroatoms. The van der Waals surface area contributed by atoms with Crippen molar-refractivity contribution in [3.8, 4) is 5.75 Å². The maximum atomic E-state index is 12.4. The van der Waals surface area contributed by atoms with Crippen molar-refractivity contribution >= 4 is 33.2 Å². The number of hydrogen-bond donors (Lipinski definition) is 2. The summed E-state index contributed by atoms with van der Waals surface area (Å²) < 4.78 is 30.7. The highest BCUT2D eigenvalue weighted by Crippen LogP contribution is 2.28. The molecule has 2 aromatic rings. The second kappa shape index (κ2) is 7.51. The second-order valence-electron chi connectivity index (χ2n) is 7.38. The Bertz CT molecular complexity index is 1080. The number of aromatic nitrogens is 2. The summed E-state index contributed by atoms with van der Waals surface area (Å²) in [5, 5.41) is 9.90. The van der Waals surface area contributed by atoms with Crippen LogP contribution in [0, 0.1) is 6.92 Å². The highest BCUT2D eigenvalue weighted by Gasteiger charge is 2.31. The third kappa shape index (κ3) is 4.42. The summed E-state index contributed by atoms with van der Waals surface area (Å²) in [6, 6.07) is 6.72. The van der Waals surface area contributed by atoms with Crippen molar-refractivity contribution in [1.82, 2.24) is 9.78 Å². The number of nitrogens with one attached hydrogen (secondary N) is 2. The molecule has 2 aliphatic heterocycles. The van der Waals surface area contributed by atoms with E-state index in [-0.39, 0.29) is 36.0 Å². The molecule has 0 saturated carbocycles. The number of fused-ring (bicyclic) bond motifs is 1. The van der Waals surface area contributed by atoms with Gasteiger partial charge in [0.05, 0.1) is 23.2 Å². The molecule has 1 atom stereocenters. The minimum Gasteiger partial charge on any atom is -0.484 e. The lowest BCUT2D eigenvalue weighted by Crippen LogP contribution is -2.24. The number of carbonyl (C=O) groups excluding carboxylic acids is 2. The summed E-state index contributed by atoms with van der Waals surface area (Å²) in [6.07, 6.45) is 1.54. The average molecular weight is 418 g/mol. The normalized spacial score (nSPS) is 20.0. The van der Waals surface area contributed by atoms with E-state index in [4.69, 9.17) is 4.74 Å². The highest BCUT2D eigenvalue weighted by molar-refractivity contribution is 7.91. The van der Waals surface area contributed by atoms with Crippen LogP contribution in [-0.2, 0) is 25.8 Å². The van der Waals surface area contributed by atoms with Crippen LogP contribution in [0.3, 0.4) is 0 Å². The number of benzene rings is 1. The molecular formula is C19H22N4O5S. The third-order valence-corrected chi connectivity index (χ3v) is 6.77. The Morgan fingerprint density at radius 2 is 2.17 bits per heavy atom. The molecule has 2 N–H and O–H groups in total. The van der Waals surface area contributed by atoms with Crippen LogP contribution in [0.15, 0.2) is 24.3 Å². The summed E-state index contributed by atoms with van der Waals surface area (Å²) in [6.45, 7) is 1.59. The lowest BCUT2D eigenvalue weighted by molar-refractivity contribution is -0.118. The first-order valence-electron chi connectivity index (χ1n) is 9.41. The first-order valence-corrected chi connectivity index (χ1v) is 11.2. The molecule has 0 spiro atoms. The zero-order chi connectivity index (χ0) is 20.6. The number of rotatable bonds is 5. The van der Waals surface area contributed by atoms with Crippen LogP contribution >= 0.6 is 0 Å². The molecule has 2 amide bonds. The van der Waals surface area contributed by atoms with Gasteiger partial charge in [0.1, 0.15) is 11.6 Å². The van der Waals surface area contributed by atoms with Gasteiger partial charge in [-0.2, -0.15) is 5.10 Å². The van der Waals surface area contributed by atoms with Gasteiger partial charge >= 0.3 is 0 Å². The predicted molar refractivity (Wildman–Crippen MR) is 107 cm³/mol. The van der Waals surface area contributed by atoms with Crippen LogP contribution in [0.4, 0.5) is 11.5 Å². The first kappa shape index (κ1) is 19.4. The van der Waals surface area contributed by atoms with Gasteiger partial charge in [0.15, 0.2) is 16.4 Å². The van der Waals surface area contributed by atoms with Crippen molar-refractivity contribution < 1.29 is 22.7 Å². The maximum absolute atomic E-state index is 12.4. The Hall–Kier alpha value is -2.88. The molecule has 1 aromatic carbocycles. The van der Waals surface area contributed by atoms with Crippen LogP contribution in [0.1, 0.15) is 30.1 Å². The maximum Gasteiger partial charge on any atom is 0.263 e. The van der Waals surface area contributed by atoms with E-state index in [1.165, 1.54) is 0 Å². The molecule has 1 aromatic heterocycles. The molecule has 1 fully saturated rings. The van der Waals surface area contributed by atoms with Crippen LogP contribution in [0.5, 0.6) is 5.75 Å². The van der Waals surface area contributed by atoms with Crippen LogP contribution in [0.25, 0.3) is 0 Å². The van der Waals surface area contributed by atoms with E-state index in [1.54, 1.807) is 29.8 Å². The van der Waals surface area contributed by atoms with E-state index in [0.29, 0.717) is 36.5 Å². The topological polar surface area (TPSA) is 119 Å². The number of hydrogen-bond acceptors (Lipinski definition) is 6. The van der Waals surface area contributed by atoms with Gasteiger partial charge < -0.3 is 15.4 Å². The first-order chi connectivity index (χ1) is 13.8. The second-order valence-corrected chi connectivity index (χ2v) is 9.61. The van der Waals surface area contributed by atoms with Gasteiger partial charge in [-0.1, -0.05) is 0 Å². The van der Waals surface area contributed by atoms with Crippen molar-refractivity contribution in [2.75, 3.05) is 28.7 Å². The van der Waals surface area contributed by atoms with E-state index >= 15 is 0 Å². The van der Waals surface area contributed by atoms with Gasteiger partial charge in [0.2, 0.25) is 5.91 Å². The van der Waals surface area contributed by atoms with E-state index in [2.05, 4.69) is 15.7 Å². The van der Waals surface area contributed by atoms with Gasteiger partial charge in [-0.15, -0.1) is 0 Å². The lowest BCUT2D eigenvalue weighted by Gasteiger charge is -2.18. The summed E-state index contributed by atoms with van der Waals surface area (Å²) in [5.74, 6) is 0.795. The van der Waals surface area contributed by atoms with Crippen LogP contribution in [0.2, 0.25) is 0 Å². The van der Waals surface area contributed by atoms with Crippen molar-refractivity contribution in [1.29, 1.82) is 0 Å². The zero-order valence-electron chi connectivity index (χ0n) is 16.0. The number of carbonyl (C=O) groups is 2. The number of aryl methyl sites for hydroxylation is 2. The Morgan fingerprint density at radius 3 is 2.93 bits per heavy atom. The third-order valence-electron chi connectivity index (χ3n) is 5.02. The molecule has 1 saturated heterocycles. The molecular weight excluding hydrogens is 396 g/mol. The predicted octanol–water partition coefficient (Wildman–Crippen LogP) is 1.45. The quantitative estimate of drug-likeness (QED) is 0.759. The molecule has 0 aliphatic carbocycles. The summed E-state index contributed by atoms with van der Waals surface area (Å²) in [5.41, 5.74) is 2.44. The summed E-state index contributed by atoms with van der Waals surface area (Å²) in [4.78, 5) is 23.8. The lowest BCUT2D eigenvalue weighted by atomic mass is 10.0. The fraction of sp³-hybridized carbons (Fsp3) is 0.421. The summed E-state index contributed by atoms with van der Waals surface area (Å²) >= 11 is 0. The molecule has 4 rings (SSSR count). The Labute approximate surface area is 168 Å². The van der Waals surface area contributed by atoms with E-state index in [1.807, 2.05) is 6.07 Å². The number of nitrogens with zero attached hydrogens (tertiary/aromatic N) is 2. The molecule has 3 heterocycles. The zero-order valence-corrected chi connectivity index (χ0v) is 16.8. The number of anilines is 2. The number of sulfone groups is 1. The highest BCUT2D eigenvalue weighted by atomic mass is 32.2. The van der Waals surface area contributed by atoms with E-state index < -0.39 is 9.84 Å². The largest absolute Gasteiger partial charge is 0.484 e. The Morgan fingerprint density at radius 1 is 1.34 bits per heavy atom. The Balaban J connectivity index is 1.39. The van der Waals surface area contributed by atoms with Crippen LogP contribution < -0.4 is 15.4 Å². The van der Waals surface area contributed by atoms with Gasteiger partial charge in [0, 0.05) is 18.2 Å². The summed E-state index contributed by atoms with van der Waals surface area (Å²) in [7, 11) is -3.06. The minimum atomic E-state index is -3.06. The number of ether oxygens (including phenoxy) is 1. The smallest absolute Gasteiger partial charge is 0.263 e. The molecule has 9 nitrogen and oxygen atoms in total.